The lowest BCUT2D eigenvalue weighted by Gasteiger charge is -2.56. The standard InChI is InChI=1S/C27H29FN2O2/c1-32-23-4-2-3-21(12-23)26-9-10-30(16-18-5-6-18)17-27(26,31)14-20-11-19-7-8-22(28)13-24(19)29-25(20)15-26/h2-4,7-8,11-13,18,31H,5-6,9-10,14-17H2,1H3/t26-,27-/m0/s1. The van der Waals surface area contributed by atoms with Crippen molar-refractivity contribution in [3.63, 3.8) is 0 Å². The Hall–Kier alpha value is -2.50. The van der Waals surface area contributed by atoms with Crippen LogP contribution < -0.4 is 4.74 Å². The largest absolute Gasteiger partial charge is 0.497 e. The van der Waals surface area contributed by atoms with Gasteiger partial charge in [-0.1, -0.05) is 12.1 Å². The average molecular weight is 433 g/mol. The molecule has 1 aliphatic heterocycles. The number of aliphatic hydroxyl groups is 1. The van der Waals surface area contributed by atoms with Crippen LogP contribution in [0.1, 0.15) is 36.1 Å². The van der Waals surface area contributed by atoms with Gasteiger partial charge in [-0.25, -0.2) is 4.39 Å². The number of hydrogen-bond acceptors (Lipinski definition) is 4. The number of β-amino-alcohol motifs (C(OH)–C–C–N with tert-alkyl or cyclic N) is 1. The van der Waals surface area contributed by atoms with E-state index < -0.39 is 11.0 Å². The molecule has 2 fully saturated rings. The SMILES string of the molecule is COc1cccc([C@@]23CCN(CC4CC4)C[C@@]2(O)Cc2cc4ccc(F)cc4nc2C3)c1. The van der Waals surface area contributed by atoms with Gasteiger partial charge in [0.15, 0.2) is 0 Å². The molecule has 0 spiro atoms. The van der Waals surface area contributed by atoms with Crippen LogP contribution in [0.25, 0.3) is 10.9 Å². The quantitative estimate of drug-likeness (QED) is 0.669. The topological polar surface area (TPSA) is 45.6 Å². The van der Waals surface area contributed by atoms with Crippen LogP contribution in [0.3, 0.4) is 0 Å². The second kappa shape index (κ2) is 7.26. The van der Waals surface area contributed by atoms with Crippen molar-refractivity contribution in [1.82, 2.24) is 9.88 Å². The molecule has 3 aromatic rings. The van der Waals surface area contributed by atoms with Gasteiger partial charge in [-0.2, -0.15) is 0 Å². The molecule has 2 atom stereocenters. The van der Waals surface area contributed by atoms with E-state index in [2.05, 4.69) is 23.1 Å². The summed E-state index contributed by atoms with van der Waals surface area (Å²) in [5.74, 6) is 1.33. The first-order valence-corrected chi connectivity index (χ1v) is 11.7. The zero-order chi connectivity index (χ0) is 21.9. The third-order valence-electron chi connectivity index (χ3n) is 7.97. The van der Waals surface area contributed by atoms with Crippen LogP contribution in [-0.4, -0.2) is 47.3 Å². The summed E-state index contributed by atoms with van der Waals surface area (Å²) in [4.78, 5) is 7.36. The monoisotopic (exact) mass is 432 g/mol. The molecule has 5 heteroatoms. The molecule has 1 saturated carbocycles. The smallest absolute Gasteiger partial charge is 0.125 e. The molecular weight excluding hydrogens is 403 g/mol. The fourth-order valence-corrected chi connectivity index (χ4v) is 6.05. The van der Waals surface area contributed by atoms with E-state index in [1.807, 2.05) is 12.1 Å². The Morgan fingerprint density at radius 3 is 2.84 bits per heavy atom. The number of nitrogens with zero attached hydrogens (tertiary/aromatic N) is 2. The normalized spacial score (nSPS) is 27.7. The van der Waals surface area contributed by atoms with Crippen molar-refractivity contribution in [2.24, 2.45) is 5.92 Å². The van der Waals surface area contributed by atoms with Crippen LogP contribution in [0.15, 0.2) is 48.5 Å². The van der Waals surface area contributed by atoms with E-state index in [9.17, 15) is 9.50 Å². The molecule has 2 aliphatic carbocycles. The van der Waals surface area contributed by atoms with Crippen LogP contribution >= 0.6 is 0 Å². The van der Waals surface area contributed by atoms with Gasteiger partial charge in [0.05, 0.1) is 18.2 Å². The molecule has 4 nitrogen and oxygen atoms in total. The summed E-state index contributed by atoms with van der Waals surface area (Å²) in [6, 6.07) is 15.0. The van der Waals surface area contributed by atoms with E-state index in [1.165, 1.54) is 25.0 Å². The fourth-order valence-electron chi connectivity index (χ4n) is 6.05. The number of aromatic nitrogens is 1. The summed E-state index contributed by atoms with van der Waals surface area (Å²) in [5, 5.41) is 13.3. The summed E-state index contributed by atoms with van der Waals surface area (Å²) in [7, 11) is 1.68. The molecule has 6 rings (SSSR count). The van der Waals surface area contributed by atoms with E-state index in [0.717, 1.165) is 53.4 Å². The summed E-state index contributed by atoms with van der Waals surface area (Å²) < 4.78 is 19.4. The van der Waals surface area contributed by atoms with E-state index in [0.29, 0.717) is 24.9 Å². The highest BCUT2D eigenvalue weighted by atomic mass is 19.1. The fraction of sp³-hybridized carbons (Fsp3) is 0.444. The average Bonchev–Trinajstić information content (AvgIpc) is 3.60. The highest BCUT2D eigenvalue weighted by molar-refractivity contribution is 5.80. The number of piperidine rings is 1. The summed E-state index contributed by atoms with van der Waals surface area (Å²) in [6.45, 7) is 2.72. The molecule has 0 amide bonds. The van der Waals surface area contributed by atoms with Gasteiger partial charge in [-0.3, -0.25) is 4.98 Å². The first kappa shape index (κ1) is 20.1. The predicted octanol–water partition coefficient (Wildman–Crippen LogP) is 4.27. The van der Waals surface area contributed by atoms with Gasteiger partial charge in [0.25, 0.3) is 0 Å². The second-order valence-corrected chi connectivity index (χ2v) is 10.1. The van der Waals surface area contributed by atoms with Crippen LogP contribution in [0.4, 0.5) is 4.39 Å². The third kappa shape index (κ3) is 3.22. The van der Waals surface area contributed by atoms with Crippen LogP contribution in [-0.2, 0) is 18.3 Å². The lowest BCUT2D eigenvalue weighted by Crippen LogP contribution is -2.66. The molecule has 166 valence electrons. The van der Waals surface area contributed by atoms with Crippen LogP contribution in [0, 0.1) is 11.7 Å². The van der Waals surface area contributed by atoms with Crippen molar-refractivity contribution in [2.75, 3.05) is 26.7 Å². The van der Waals surface area contributed by atoms with Crippen molar-refractivity contribution in [2.45, 2.75) is 43.1 Å². The molecule has 2 aromatic carbocycles. The molecule has 0 bridgehead atoms. The van der Waals surface area contributed by atoms with Gasteiger partial charge in [-0.15, -0.1) is 0 Å². The van der Waals surface area contributed by atoms with Crippen molar-refractivity contribution >= 4 is 10.9 Å². The maximum atomic E-state index is 13.9. The Morgan fingerprint density at radius 2 is 2.03 bits per heavy atom. The van der Waals surface area contributed by atoms with E-state index in [4.69, 9.17) is 9.72 Å². The number of methoxy groups -OCH3 is 1. The van der Waals surface area contributed by atoms with E-state index in [1.54, 1.807) is 13.2 Å². The molecule has 1 aromatic heterocycles. The van der Waals surface area contributed by atoms with Gasteiger partial charge in [0, 0.05) is 48.5 Å². The molecular formula is C27H29FN2O2. The van der Waals surface area contributed by atoms with Gasteiger partial charge in [-0.05, 0) is 73.2 Å². The molecule has 2 heterocycles. The molecule has 0 radical (unpaired) electrons. The highest BCUT2D eigenvalue weighted by Crippen LogP contribution is 2.51. The van der Waals surface area contributed by atoms with Gasteiger partial charge in [0.1, 0.15) is 11.6 Å². The number of rotatable bonds is 4. The van der Waals surface area contributed by atoms with Crippen molar-refractivity contribution in [1.29, 1.82) is 0 Å². The summed E-state index contributed by atoms with van der Waals surface area (Å²) >= 11 is 0. The summed E-state index contributed by atoms with van der Waals surface area (Å²) in [5.41, 5.74) is 2.51. The van der Waals surface area contributed by atoms with Gasteiger partial charge >= 0.3 is 0 Å². The molecule has 32 heavy (non-hydrogen) atoms. The maximum Gasteiger partial charge on any atom is 0.125 e. The summed E-state index contributed by atoms with van der Waals surface area (Å²) in [6.07, 6.45) is 4.69. The minimum Gasteiger partial charge on any atom is -0.497 e. The number of pyridine rings is 1. The van der Waals surface area contributed by atoms with Crippen LogP contribution in [0.2, 0.25) is 0 Å². The third-order valence-corrected chi connectivity index (χ3v) is 7.97. The zero-order valence-corrected chi connectivity index (χ0v) is 18.5. The lowest BCUT2D eigenvalue weighted by molar-refractivity contribution is -0.104. The van der Waals surface area contributed by atoms with Crippen molar-refractivity contribution in [3.05, 3.63) is 71.2 Å². The van der Waals surface area contributed by atoms with Gasteiger partial charge in [0.2, 0.25) is 0 Å². The Morgan fingerprint density at radius 1 is 1.16 bits per heavy atom. The van der Waals surface area contributed by atoms with E-state index in [-0.39, 0.29) is 5.82 Å². The Balaban J connectivity index is 1.48. The Labute approximate surface area is 188 Å². The van der Waals surface area contributed by atoms with Crippen LogP contribution in [0.5, 0.6) is 5.75 Å². The molecule has 1 saturated heterocycles. The molecule has 1 N–H and O–H groups in total. The number of hydrogen-bond donors (Lipinski definition) is 1. The number of ether oxygens (including phenoxy) is 1. The first-order valence-electron chi connectivity index (χ1n) is 11.7. The lowest BCUT2D eigenvalue weighted by atomic mass is 9.56. The minimum absolute atomic E-state index is 0.270. The minimum atomic E-state index is -0.894. The first-order chi connectivity index (χ1) is 15.5. The van der Waals surface area contributed by atoms with E-state index >= 15 is 0 Å². The number of benzene rings is 2. The van der Waals surface area contributed by atoms with Gasteiger partial charge < -0.3 is 14.7 Å². The van der Waals surface area contributed by atoms with Crippen molar-refractivity contribution < 1.29 is 14.2 Å². The highest BCUT2D eigenvalue weighted by Gasteiger charge is 2.57. The number of likely N-dealkylation sites (tertiary alicyclic amines) is 1. The second-order valence-electron chi connectivity index (χ2n) is 10.1. The van der Waals surface area contributed by atoms with Crippen molar-refractivity contribution in [3.8, 4) is 5.75 Å². The number of fused-ring (bicyclic) bond motifs is 3. The Kier molecular flexibility index (Phi) is 4.57. The number of halogens is 1. The molecule has 0 unspecified atom stereocenters. The maximum absolute atomic E-state index is 13.9. The molecule has 3 aliphatic rings. The predicted molar refractivity (Wildman–Crippen MR) is 123 cm³/mol. The Bertz CT molecular complexity index is 1190. The zero-order valence-electron chi connectivity index (χ0n) is 18.5.